The summed E-state index contributed by atoms with van der Waals surface area (Å²) >= 11 is 1.69. The average molecular weight is 341 g/mol. The smallest absolute Gasteiger partial charge is 0.223 e. The fourth-order valence-electron chi connectivity index (χ4n) is 4.23. The number of fused-ring (bicyclic) bond motifs is 2. The number of aryl methyl sites for hydroxylation is 1. The largest absolute Gasteiger partial charge is 0.356 e. The highest BCUT2D eigenvalue weighted by atomic mass is 32.1. The van der Waals surface area contributed by atoms with Gasteiger partial charge in [-0.15, -0.1) is 11.3 Å². The van der Waals surface area contributed by atoms with Gasteiger partial charge in [-0.2, -0.15) is 0 Å². The van der Waals surface area contributed by atoms with Crippen molar-refractivity contribution in [2.45, 2.75) is 38.5 Å². The molecule has 0 unspecified atom stereocenters. The minimum Gasteiger partial charge on any atom is -0.356 e. The first-order valence-corrected chi connectivity index (χ1v) is 9.80. The van der Waals surface area contributed by atoms with Gasteiger partial charge in [-0.05, 0) is 49.7 Å². The molecule has 0 aromatic carbocycles. The average Bonchev–Trinajstić information content (AvgIpc) is 3.35. The number of hydrogen-bond donors (Lipinski definition) is 1. The molecule has 4 rings (SSSR count). The van der Waals surface area contributed by atoms with E-state index in [1.165, 1.54) is 19.3 Å². The number of carbonyl (C=O) groups excluding carboxylic acids is 1. The highest BCUT2D eigenvalue weighted by Crippen LogP contribution is 2.48. The first-order valence-electron chi connectivity index (χ1n) is 8.92. The van der Waals surface area contributed by atoms with E-state index in [0.29, 0.717) is 17.7 Å². The Balaban J connectivity index is 1.22. The normalized spacial score (nSPS) is 25.1. The van der Waals surface area contributed by atoms with Gasteiger partial charge in [0.25, 0.3) is 0 Å². The fraction of sp³-hybridized carbons (Fsp3) is 0.526. The topological polar surface area (TPSA) is 54.9 Å². The molecule has 0 radical (unpaired) electrons. The summed E-state index contributed by atoms with van der Waals surface area (Å²) in [4.78, 5) is 21.0. The van der Waals surface area contributed by atoms with Crippen molar-refractivity contribution in [3.63, 3.8) is 0 Å². The van der Waals surface area contributed by atoms with Gasteiger partial charge in [0.1, 0.15) is 0 Å². The third kappa shape index (κ3) is 3.36. The van der Waals surface area contributed by atoms with Crippen molar-refractivity contribution in [3.05, 3.63) is 34.9 Å². The van der Waals surface area contributed by atoms with Gasteiger partial charge >= 0.3 is 0 Å². The third-order valence-electron chi connectivity index (χ3n) is 5.47. The number of rotatable bonds is 6. The first-order chi connectivity index (χ1) is 11.8. The maximum atomic E-state index is 12.3. The number of pyridine rings is 1. The van der Waals surface area contributed by atoms with Gasteiger partial charge in [-0.3, -0.25) is 9.78 Å². The van der Waals surface area contributed by atoms with Crippen molar-refractivity contribution in [1.82, 2.24) is 15.3 Å². The van der Waals surface area contributed by atoms with E-state index in [1.54, 1.807) is 23.7 Å². The second kappa shape index (κ2) is 7.01. The number of carbonyl (C=O) groups is 1. The summed E-state index contributed by atoms with van der Waals surface area (Å²) in [6.07, 6.45) is 10.5. The SMILES string of the molecule is O=C(NCCCc1nc(-c2ccncc2)cs1)[C@@H]1C[C@H]2CC[C@H]1C2. The van der Waals surface area contributed by atoms with Crippen LogP contribution in [0.25, 0.3) is 11.3 Å². The Bertz CT molecular complexity index is 700. The lowest BCUT2D eigenvalue weighted by Gasteiger charge is -2.20. The summed E-state index contributed by atoms with van der Waals surface area (Å²) in [5.41, 5.74) is 2.13. The van der Waals surface area contributed by atoms with Gasteiger partial charge in [-0.25, -0.2) is 4.98 Å². The van der Waals surface area contributed by atoms with Gasteiger partial charge in [-0.1, -0.05) is 6.42 Å². The molecule has 2 aromatic rings. The Morgan fingerprint density at radius 2 is 2.12 bits per heavy atom. The van der Waals surface area contributed by atoms with Crippen molar-refractivity contribution >= 4 is 17.2 Å². The van der Waals surface area contributed by atoms with Crippen LogP contribution in [0.15, 0.2) is 29.9 Å². The van der Waals surface area contributed by atoms with Gasteiger partial charge in [0.05, 0.1) is 10.7 Å². The van der Waals surface area contributed by atoms with Crippen LogP contribution in [0.5, 0.6) is 0 Å². The van der Waals surface area contributed by atoms with Gasteiger partial charge in [0, 0.05) is 42.2 Å². The lowest BCUT2D eigenvalue weighted by Crippen LogP contribution is -2.34. The summed E-state index contributed by atoms with van der Waals surface area (Å²) in [6, 6.07) is 3.96. The summed E-state index contributed by atoms with van der Waals surface area (Å²) in [5, 5.41) is 6.38. The summed E-state index contributed by atoms with van der Waals surface area (Å²) < 4.78 is 0. The maximum absolute atomic E-state index is 12.3. The van der Waals surface area contributed by atoms with Gasteiger partial charge in [0.15, 0.2) is 0 Å². The van der Waals surface area contributed by atoms with Crippen LogP contribution >= 0.6 is 11.3 Å². The van der Waals surface area contributed by atoms with Crippen molar-refractivity contribution in [2.24, 2.45) is 17.8 Å². The Kier molecular flexibility index (Phi) is 4.60. The Morgan fingerprint density at radius 3 is 2.88 bits per heavy atom. The molecule has 2 saturated carbocycles. The van der Waals surface area contributed by atoms with E-state index < -0.39 is 0 Å². The molecule has 126 valence electrons. The highest BCUT2D eigenvalue weighted by Gasteiger charge is 2.42. The summed E-state index contributed by atoms with van der Waals surface area (Å²) in [7, 11) is 0. The van der Waals surface area contributed by atoms with E-state index in [4.69, 9.17) is 0 Å². The molecule has 2 bridgehead atoms. The van der Waals surface area contributed by atoms with Crippen LogP contribution in [0.1, 0.15) is 37.1 Å². The Morgan fingerprint density at radius 1 is 1.25 bits per heavy atom. The minimum absolute atomic E-state index is 0.291. The van der Waals surface area contributed by atoms with Crippen molar-refractivity contribution in [3.8, 4) is 11.3 Å². The van der Waals surface area contributed by atoms with Crippen LogP contribution < -0.4 is 5.32 Å². The van der Waals surface area contributed by atoms with Crippen LogP contribution in [0.4, 0.5) is 0 Å². The van der Waals surface area contributed by atoms with Crippen LogP contribution in [-0.4, -0.2) is 22.4 Å². The molecule has 0 saturated heterocycles. The molecule has 2 heterocycles. The molecule has 2 aliphatic carbocycles. The van der Waals surface area contributed by atoms with E-state index in [2.05, 4.69) is 20.7 Å². The molecule has 5 heteroatoms. The Hall–Kier alpha value is -1.75. The first kappa shape index (κ1) is 15.8. The Labute approximate surface area is 146 Å². The molecule has 2 fully saturated rings. The van der Waals surface area contributed by atoms with Crippen LogP contribution in [0.3, 0.4) is 0 Å². The van der Waals surface area contributed by atoms with E-state index >= 15 is 0 Å². The standard InChI is InChI=1S/C19H23N3OS/c23-19(16-11-13-3-4-15(16)10-13)21-7-1-2-18-22-17(12-24-18)14-5-8-20-9-6-14/h5-6,8-9,12-13,15-16H,1-4,7,10-11H2,(H,21,23)/t13-,15-,16+/m0/s1. The van der Waals surface area contributed by atoms with Gasteiger partial charge in [0.2, 0.25) is 5.91 Å². The fourth-order valence-corrected chi connectivity index (χ4v) is 5.08. The quantitative estimate of drug-likeness (QED) is 0.815. The molecule has 4 nitrogen and oxygen atoms in total. The molecule has 1 N–H and O–H groups in total. The predicted octanol–water partition coefficient (Wildman–Crippen LogP) is 3.69. The molecule has 24 heavy (non-hydrogen) atoms. The number of nitrogens with one attached hydrogen (secondary N) is 1. The summed E-state index contributed by atoms with van der Waals surface area (Å²) in [5.74, 6) is 2.07. The molecule has 2 aromatic heterocycles. The number of thiazole rings is 1. The molecule has 3 atom stereocenters. The monoisotopic (exact) mass is 341 g/mol. The number of nitrogens with zero attached hydrogens (tertiary/aromatic N) is 2. The number of aromatic nitrogens is 2. The van der Waals surface area contributed by atoms with Crippen LogP contribution in [-0.2, 0) is 11.2 Å². The molecule has 1 amide bonds. The van der Waals surface area contributed by atoms with Crippen LogP contribution in [0, 0.1) is 17.8 Å². The van der Waals surface area contributed by atoms with E-state index in [-0.39, 0.29) is 0 Å². The molecule has 2 aliphatic rings. The minimum atomic E-state index is 0.291. The molecule has 0 spiro atoms. The third-order valence-corrected chi connectivity index (χ3v) is 6.38. The van der Waals surface area contributed by atoms with Crippen LogP contribution in [0.2, 0.25) is 0 Å². The second-order valence-electron chi connectivity index (χ2n) is 7.04. The van der Waals surface area contributed by atoms with E-state index in [9.17, 15) is 4.79 Å². The molecule has 0 aliphatic heterocycles. The molecular weight excluding hydrogens is 318 g/mol. The lowest BCUT2D eigenvalue weighted by atomic mass is 9.88. The highest BCUT2D eigenvalue weighted by molar-refractivity contribution is 7.09. The van der Waals surface area contributed by atoms with E-state index in [1.807, 2.05) is 12.1 Å². The van der Waals surface area contributed by atoms with Gasteiger partial charge < -0.3 is 5.32 Å². The van der Waals surface area contributed by atoms with E-state index in [0.717, 1.165) is 48.0 Å². The van der Waals surface area contributed by atoms with Crippen molar-refractivity contribution < 1.29 is 4.79 Å². The molecular formula is C19H23N3OS. The zero-order valence-corrected chi connectivity index (χ0v) is 14.6. The zero-order chi connectivity index (χ0) is 16.4. The number of hydrogen-bond acceptors (Lipinski definition) is 4. The van der Waals surface area contributed by atoms with Crippen molar-refractivity contribution in [1.29, 1.82) is 0 Å². The predicted molar refractivity (Wildman–Crippen MR) is 95.6 cm³/mol. The maximum Gasteiger partial charge on any atom is 0.223 e. The summed E-state index contributed by atoms with van der Waals surface area (Å²) in [6.45, 7) is 0.761. The number of amides is 1. The zero-order valence-electron chi connectivity index (χ0n) is 13.8. The van der Waals surface area contributed by atoms with Crippen molar-refractivity contribution in [2.75, 3.05) is 6.54 Å². The lowest BCUT2D eigenvalue weighted by molar-refractivity contribution is -0.126. The second-order valence-corrected chi connectivity index (χ2v) is 7.98.